The van der Waals surface area contributed by atoms with Crippen molar-refractivity contribution in [2.24, 2.45) is 5.73 Å². The average molecular weight is 337 g/mol. The van der Waals surface area contributed by atoms with Crippen LogP contribution in [-0.2, 0) is 0 Å². The van der Waals surface area contributed by atoms with E-state index in [-0.39, 0.29) is 5.91 Å². The zero-order chi connectivity index (χ0) is 14.4. The first-order valence-corrected chi connectivity index (χ1v) is 7.30. The number of hydrogen-bond acceptors (Lipinski definition) is 3. The van der Waals surface area contributed by atoms with E-state index in [0.717, 1.165) is 23.0 Å². The Morgan fingerprint density at radius 2 is 2.20 bits per heavy atom. The van der Waals surface area contributed by atoms with Crippen molar-refractivity contribution < 1.29 is 4.79 Å². The molecular weight excluding hydrogens is 320 g/mol. The van der Waals surface area contributed by atoms with Gasteiger partial charge >= 0.3 is 0 Å². The number of nitrogens with one attached hydrogen (secondary N) is 1. The Hall–Kier alpha value is -1.66. The van der Waals surface area contributed by atoms with Crippen LogP contribution in [0.2, 0.25) is 0 Å². The van der Waals surface area contributed by atoms with E-state index >= 15 is 0 Å². The minimum absolute atomic E-state index is 0.157. The molecule has 106 valence electrons. The van der Waals surface area contributed by atoms with Gasteiger partial charge in [-0.3, -0.25) is 4.79 Å². The molecule has 3 N–H and O–H groups in total. The van der Waals surface area contributed by atoms with Gasteiger partial charge in [-0.2, -0.15) is 5.10 Å². The summed E-state index contributed by atoms with van der Waals surface area (Å²) in [5.41, 5.74) is 6.72. The fraction of sp³-hybridized carbons (Fsp3) is 0.286. The van der Waals surface area contributed by atoms with Gasteiger partial charge in [0.05, 0.1) is 5.69 Å². The third-order valence-corrected chi connectivity index (χ3v) is 3.30. The maximum atomic E-state index is 11.9. The minimum Gasteiger partial charge on any atom is -0.351 e. The predicted molar refractivity (Wildman–Crippen MR) is 81.9 cm³/mol. The van der Waals surface area contributed by atoms with E-state index in [1.54, 1.807) is 16.9 Å². The van der Waals surface area contributed by atoms with Crippen LogP contribution in [0.5, 0.6) is 0 Å². The molecule has 0 radical (unpaired) electrons. The van der Waals surface area contributed by atoms with Crippen LogP contribution in [0.25, 0.3) is 5.69 Å². The van der Waals surface area contributed by atoms with Crippen molar-refractivity contribution in [3.05, 3.63) is 46.7 Å². The molecule has 0 saturated heterocycles. The summed E-state index contributed by atoms with van der Waals surface area (Å²) >= 11 is 3.41. The monoisotopic (exact) mass is 336 g/mol. The van der Waals surface area contributed by atoms with Crippen molar-refractivity contribution in [2.75, 3.05) is 13.1 Å². The molecule has 0 bridgehead atoms. The Bertz CT molecular complexity index is 582. The third-order valence-electron chi connectivity index (χ3n) is 2.81. The second-order valence-corrected chi connectivity index (χ2v) is 5.29. The summed E-state index contributed by atoms with van der Waals surface area (Å²) in [6, 6.07) is 9.45. The number of nitrogens with zero attached hydrogens (tertiary/aromatic N) is 2. The highest BCUT2D eigenvalue weighted by Crippen LogP contribution is 2.15. The normalized spacial score (nSPS) is 10.5. The number of aromatic nitrogens is 2. The first-order chi connectivity index (χ1) is 9.70. The van der Waals surface area contributed by atoms with Gasteiger partial charge < -0.3 is 11.1 Å². The topological polar surface area (TPSA) is 72.9 Å². The van der Waals surface area contributed by atoms with Gasteiger partial charge in [-0.25, -0.2) is 4.68 Å². The quantitative estimate of drug-likeness (QED) is 0.793. The van der Waals surface area contributed by atoms with Crippen molar-refractivity contribution in [1.29, 1.82) is 0 Å². The Morgan fingerprint density at radius 3 is 2.95 bits per heavy atom. The maximum absolute atomic E-state index is 11.9. The summed E-state index contributed by atoms with van der Waals surface area (Å²) in [6.45, 7) is 1.27. The number of benzene rings is 1. The van der Waals surface area contributed by atoms with Crippen LogP contribution in [0, 0.1) is 0 Å². The molecule has 2 rings (SSSR count). The lowest BCUT2D eigenvalue weighted by Gasteiger charge is -2.03. The summed E-state index contributed by atoms with van der Waals surface area (Å²) in [7, 11) is 0. The van der Waals surface area contributed by atoms with Gasteiger partial charge in [0.25, 0.3) is 5.91 Å². The highest BCUT2D eigenvalue weighted by Gasteiger charge is 2.09. The molecule has 0 saturated carbocycles. The largest absolute Gasteiger partial charge is 0.351 e. The lowest BCUT2D eigenvalue weighted by Crippen LogP contribution is -2.25. The smallest absolute Gasteiger partial charge is 0.271 e. The Kier molecular flexibility index (Phi) is 5.31. The predicted octanol–water partition coefficient (Wildman–Crippen LogP) is 2.10. The van der Waals surface area contributed by atoms with E-state index in [2.05, 4.69) is 26.3 Å². The number of carbonyl (C=O) groups is 1. The van der Waals surface area contributed by atoms with Crippen LogP contribution in [0.4, 0.5) is 0 Å². The lowest BCUT2D eigenvalue weighted by molar-refractivity contribution is 0.0947. The summed E-state index contributed by atoms with van der Waals surface area (Å²) in [6.07, 6.45) is 3.57. The first-order valence-electron chi connectivity index (χ1n) is 6.50. The van der Waals surface area contributed by atoms with Gasteiger partial charge in [0.2, 0.25) is 0 Å². The zero-order valence-electron chi connectivity index (χ0n) is 11.1. The van der Waals surface area contributed by atoms with Gasteiger partial charge in [0, 0.05) is 17.2 Å². The molecule has 5 nitrogen and oxygen atoms in total. The lowest BCUT2D eigenvalue weighted by atomic mass is 10.3. The van der Waals surface area contributed by atoms with Crippen LogP contribution in [-0.4, -0.2) is 28.8 Å². The molecule has 6 heteroatoms. The van der Waals surface area contributed by atoms with Crippen LogP contribution in [0.1, 0.15) is 23.3 Å². The molecule has 0 atom stereocenters. The van der Waals surface area contributed by atoms with Crippen molar-refractivity contribution >= 4 is 21.8 Å². The standard InChI is InChI=1S/C14H17BrN4O/c15-11-4-3-5-12(10-11)19-9-6-13(18-19)14(20)17-8-2-1-7-16/h3-6,9-10H,1-2,7-8,16H2,(H,17,20). The minimum atomic E-state index is -0.157. The summed E-state index contributed by atoms with van der Waals surface area (Å²) in [4.78, 5) is 11.9. The van der Waals surface area contributed by atoms with Crippen LogP contribution >= 0.6 is 15.9 Å². The molecular formula is C14H17BrN4O. The fourth-order valence-corrected chi connectivity index (χ4v) is 2.16. The molecule has 0 aliphatic rings. The van der Waals surface area contributed by atoms with Gasteiger partial charge in [0.1, 0.15) is 0 Å². The highest BCUT2D eigenvalue weighted by molar-refractivity contribution is 9.10. The molecule has 20 heavy (non-hydrogen) atoms. The molecule has 1 aromatic carbocycles. The Balaban J connectivity index is 2.00. The van der Waals surface area contributed by atoms with Crippen LogP contribution in [0.3, 0.4) is 0 Å². The number of nitrogens with two attached hydrogens (primary N) is 1. The van der Waals surface area contributed by atoms with Gasteiger partial charge in [0.15, 0.2) is 5.69 Å². The summed E-state index contributed by atoms with van der Waals surface area (Å²) < 4.78 is 2.65. The second kappa shape index (κ2) is 7.21. The number of amides is 1. The first kappa shape index (κ1) is 14.7. The molecule has 0 unspecified atom stereocenters. The molecule has 0 aliphatic carbocycles. The zero-order valence-corrected chi connectivity index (χ0v) is 12.6. The van der Waals surface area contributed by atoms with Crippen molar-refractivity contribution in [1.82, 2.24) is 15.1 Å². The van der Waals surface area contributed by atoms with E-state index in [1.165, 1.54) is 0 Å². The SMILES string of the molecule is NCCCCNC(=O)c1ccn(-c2cccc(Br)c2)n1. The highest BCUT2D eigenvalue weighted by atomic mass is 79.9. The number of carbonyl (C=O) groups excluding carboxylic acids is 1. The molecule has 1 amide bonds. The Morgan fingerprint density at radius 1 is 1.35 bits per heavy atom. The van der Waals surface area contributed by atoms with E-state index in [4.69, 9.17) is 5.73 Å². The van der Waals surface area contributed by atoms with E-state index < -0.39 is 0 Å². The summed E-state index contributed by atoms with van der Waals surface area (Å²) in [5, 5.41) is 7.11. The average Bonchev–Trinajstić information content (AvgIpc) is 2.93. The van der Waals surface area contributed by atoms with Gasteiger partial charge in [-0.1, -0.05) is 22.0 Å². The van der Waals surface area contributed by atoms with E-state index in [0.29, 0.717) is 18.8 Å². The van der Waals surface area contributed by atoms with Gasteiger partial charge in [-0.05, 0) is 43.7 Å². The van der Waals surface area contributed by atoms with Crippen LogP contribution in [0.15, 0.2) is 41.0 Å². The van der Waals surface area contributed by atoms with E-state index in [1.807, 2.05) is 24.3 Å². The van der Waals surface area contributed by atoms with Gasteiger partial charge in [-0.15, -0.1) is 0 Å². The summed E-state index contributed by atoms with van der Waals surface area (Å²) in [5.74, 6) is -0.157. The molecule has 1 heterocycles. The Labute approximate surface area is 126 Å². The van der Waals surface area contributed by atoms with Crippen molar-refractivity contribution in [3.8, 4) is 5.69 Å². The molecule has 0 spiro atoms. The second-order valence-electron chi connectivity index (χ2n) is 4.38. The van der Waals surface area contributed by atoms with Crippen LogP contribution < -0.4 is 11.1 Å². The number of halogens is 1. The third kappa shape index (κ3) is 3.91. The molecule has 2 aromatic rings. The number of unbranched alkanes of at least 4 members (excludes halogenated alkanes) is 1. The number of hydrogen-bond donors (Lipinski definition) is 2. The molecule has 0 aliphatic heterocycles. The number of rotatable bonds is 6. The molecule has 1 aromatic heterocycles. The fourth-order valence-electron chi connectivity index (χ4n) is 1.77. The maximum Gasteiger partial charge on any atom is 0.271 e. The molecule has 0 fully saturated rings. The van der Waals surface area contributed by atoms with Crippen molar-refractivity contribution in [3.63, 3.8) is 0 Å². The van der Waals surface area contributed by atoms with Crippen molar-refractivity contribution in [2.45, 2.75) is 12.8 Å². The van der Waals surface area contributed by atoms with E-state index in [9.17, 15) is 4.79 Å².